The van der Waals surface area contributed by atoms with Gasteiger partial charge in [-0.1, -0.05) is 176 Å². The molecule has 0 heterocycles. The van der Waals surface area contributed by atoms with Crippen LogP contribution in [0.4, 0.5) is 62.6 Å². The summed E-state index contributed by atoms with van der Waals surface area (Å²) in [5, 5.41) is 0. The highest BCUT2D eigenvalue weighted by Crippen LogP contribution is 2.47. The van der Waals surface area contributed by atoms with Crippen LogP contribution in [0.25, 0.3) is 33.4 Å². The lowest BCUT2D eigenvalue weighted by molar-refractivity contribution is 0.785. The van der Waals surface area contributed by atoms with E-state index in [-0.39, 0.29) is 6.04 Å². The summed E-state index contributed by atoms with van der Waals surface area (Å²) in [5.74, 6) is 0. The van der Waals surface area contributed by atoms with Crippen LogP contribution in [0, 0.1) is 13.8 Å². The molecule has 0 bridgehead atoms. The van der Waals surface area contributed by atoms with Gasteiger partial charge in [0.1, 0.15) is 0 Å². The Balaban J connectivity index is 1.04. The van der Waals surface area contributed by atoms with Crippen LogP contribution in [0.3, 0.4) is 0 Å². The lowest BCUT2D eigenvalue weighted by atomic mass is 9.86. The molecule has 1 atom stereocenters. The Morgan fingerprint density at radius 1 is 0.269 bits per heavy atom. The molecule has 11 aromatic rings. The molecule has 1 aliphatic rings. The monoisotopic (exact) mass is 1000 g/mol. The second-order valence-corrected chi connectivity index (χ2v) is 19.8. The molecule has 0 aliphatic heterocycles. The van der Waals surface area contributed by atoms with Crippen molar-refractivity contribution in [1.82, 2.24) is 0 Å². The SMILES string of the molecule is Cc1c(-c2ccccc2)cc(N(c2ccccc2)c2ccc(N(c3ccccc3)c3ccccc3)cc2)cc1-c1cc(N(c2ccc(N(c3ccccc3)c3ccccc3)cc2)C2C=CC=CC2)cc(-c2ccccc2)c1C. The highest BCUT2D eigenvalue weighted by Gasteiger charge is 2.26. The molecule has 0 saturated heterocycles. The number of para-hydroxylation sites is 5. The maximum Gasteiger partial charge on any atom is 0.0559 e. The number of allylic oxidation sites excluding steroid dienone is 2. The maximum absolute atomic E-state index is 2.54. The predicted octanol–water partition coefficient (Wildman–Crippen LogP) is 20.7. The minimum Gasteiger partial charge on any atom is -0.334 e. The third-order valence-electron chi connectivity index (χ3n) is 14.9. The Labute approximate surface area is 460 Å². The van der Waals surface area contributed by atoms with E-state index in [0.29, 0.717) is 0 Å². The van der Waals surface area contributed by atoms with Crippen LogP contribution in [0.2, 0.25) is 0 Å². The fraction of sp³-hybridized carbons (Fsp3) is 0.0541. The quantitative estimate of drug-likeness (QED) is 0.101. The van der Waals surface area contributed by atoms with E-state index < -0.39 is 0 Å². The molecule has 4 heteroatoms. The Bertz CT molecular complexity index is 3730. The van der Waals surface area contributed by atoms with Crippen LogP contribution in [0.1, 0.15) is 17.5 Å². The molecule has 0 N–H and O–H groups in total. The lowest BCUT2D eigenvalue weighted by Crippen LogP contribution is -2.30. The van der Waals surface area contributed by atoms with E-state index in [0.717, 1.165) is 69.0 Å². The van der Waals surface area contributed by atoms with Gasteiger partial charge in [0, 0.05) is 62.6 Å². The lowest BCUT2D eigenvalue weighted by Gasteiger charge is -2.34. The molecule has 78 heavy (non-hydrogen) atoms. The third kappa shape index (κ3) is 10.2. The van der Waals surface area contributed by atoms with Crippen molar-refractivity contribution in [2.75, 3.05) is 19.6 Å². The Morgan fingerprint density at radius 3 is 0.897 bits per heavy atom. The standard InChI is InChI=1S/C74H60N4/c1-55-71(57-27-11-3-12-28-57)51-69(77(63-39-23-9-24-40-63)67-47-43-65(44-48-67)75(59-31-15-5-16-32-59)60-33-17-6-18-34-60)53-73(55)74-54-70(52-72(56(74)2)58-29-13-4-14-30-58)78(64-41-25-10-26-42-64)68-49-45-66(46-50-68)76(61-35-19-7-20-36-61)62-37-21-8-22-38-62/h3-41,43-54,64H,42H2,1-2H3. The van der Waals surface area contributed by atoms with Crippen molar-refractivity contribution in [3.8, 4) is 33.4 Å². The summed E-state index contributed by atoms with van der Waals surface area (Å²) in [6.07, 6.45) is 9.86. The van der Waals surface area contributed by atoms with Gasteiger partial charge in [0.25, 0.3) is 0 Å². The Kier molecular flexibility index (Phi) is 14.1. The summed E-state index contributed by atoms with van der Waals surface area (Å²) < 4.78 is 0. The van der Waals surface area contributed by atoms with Crippen LogP contribution in [0.5, 0.6) is 0 Å². The summed E-state index contributed by atoms with van der Waals surface area (Å²) in [6.45, 7) is 4.61. The smallest absolute Gasteiger partial charge is 0.0559 e. The van der Waals surface area contributed by atoms with Gasteiger partial charge in [0.2, 0.25) is 0 Å². The largest absolute Gasteiger partial charge is 0.334 e. The fourth-order valence-corrected chi connectivity index (χ4v) is 11.1. The van der Waals surface area contributed by atoms with E-state index in [1.807, 2.05) is 0 Å². The van der Waals surface area contributed by atoms with E-state index in [9.17, 15) is 0 Å². The van der Waals surface area contributed by atoms with Crippen LogP contribution >= 0.6 is 0 Å². The summed E-state index contributed by atoms with van der Waals surface area (Å²) >= 11 is 0. The topological polar surface area (TPSA) is 13.0 Å². The first kappa shape index (κ1) is 49.0. The van der Waals surface area contributed by atoms with Gasteiger partial charge in [-0.05, 0) is 198 Å². The van der Waals surface area contributed by atoms with Gasteiger partial charge >= 0.3 is 0 Å². The molecule has 4 nitrogen and oxygen atoms in total. The zero-order chi connectivity index (χ0) is 52.6. The van der Waals surface area contributed by atoms with E-state index in [4.69, 9.17) is 0 Å². The molecular weight excluding hydrogens is 945 g/mol. The maximum atomic E-state index is 2.54. The van der Waals surface area contributed by atoms with Crippen molar-refractivity contribution in [3.63, 3.8) is 0 Å². The molecular formula is C74H60N4. The summed E-state index contributed by atoms with van der Waals surface area (Å²) in [5.41, 5.74) is 21.5. The van der Waals surface area contributed by atoms with Gasteiger partial charge in [-0.3, -0.25) is 0 Å². The van der Waals surface area contributed by atoms with Crippen LogP contribution in [-0.4, -0.2) is 6.04 Å². The van der Waals surface area contributed by atoms with Crippen molar-refractivity contribution in [2.45, 2.75) is 26.3 Å². The minimum absolute atomic E-state index is 0.0722. The molecule has 0 saturated carbocycles. The van der Waals surface area contributed by atoms with Crippen molar-refractivity contribution in [2.24, 2.45) is 0 Å². The highest BCUT2D eigenvalue weighted by molar-refractivity contribution is 5.93. The number of rotatable bonds is 15. The molecule has 0 fully saturated rings. The van der Waals surface area contributed by atoms with E-state index >= 15 is 0 Å². The molecule has 12 rings (SSSR count). The highest BCUT2D eigenvalue weighted by atomic mass is 15.2. The predicted molar refractivity (Wildman–Crippen MR) is 332 cm³/mol. The van der Waals surface area contributed by atoms with Gasteiger partial charge in [-0.2, -0.15) is 0 Å². The molecule has 0 radical (unpaired) electrons. The Morgan fingerprint density at radius 2 is 0.551 bits per heavy atom. The second-order valence-electron chi connectivity index (χ2n) is 19.8. The van der Waals surface area contributed by atoms with Crippen molar-refractivity contribution >= 4 is 62.6 Å². The minimum atomic E-state index is 0.0722. The average molecular weight is 1010 g/mol. The zero-order valence-electron chi connectivity index (χ0n) is 44.0. The number of nitrogens with zero attached hydrogens (tertiary/aromatic N) is 4. The first-order chi connectivity index (χ1) is 38.6. The van der Waals surface area contributed by atoms with E-state index in [1.54, 1.807) is 0 Å². The van der Waals surface area contributed by atoms with Crippen molar-refractivity contribution in [3.05, 3.63) is 321 Å². The molecule has 1 unspecified atom stereocenters. The second kappa shape index (κ2) is 22.5. The fourth-order valence-electron chi connectivity index (χ4n) is 11.1. The van der Waals surface area contributed by atoms with Gasteiger partial charge in [0.15, 0.2) is 0 Å². The van der Waals surface area contributed by atoms with Gasteiger partial charge in [0.05, 0.1) is 6.04 Å². The molecule has 0 spiro atoms. The molecule has 376 valence electrons. The summed E-state index contributed by atoms with van der Waals surface area (Å²) in [6, 6.07) is 103. The molecule has 11 aromatic carbocycles. The van der Waals surface area contributed by atoms with Gasteiger partial charge in [-0.15, -0.1) is 0 Å². The summed E-state index contributed by atoms with van der Waals surface area (Å²) in [7, 11) is 0. The van der Waals surface area contributed by atoms with Gasteiger partial charge in [-0.25, -0.2) is 0 Å². The van der Waals surface area contributed by atoms with E-state index in [2.05, 4.69) is 343 Å². The van der Waals surface area contributed by atoms with Crippen LogP contribution in [0.15, 0.2) is 309 Å². The van der Waals surface area contributed by atoms with Gasteiger partial charge < -0.3 is 19.6 Å². The van der Waals surface area contributed by atoms with Crippen molar-refractivity contribution in [1.29, 1.82) is 0 Å². The van der Waals surface area contributed by atoms with Crippen LogP contribution in [-0.2, 0) is 0 Å². The van der Waals surface area contributed by atoms with E-state index in [1.165, 1.54) is 44.5 Å². The molecule has 0 aromatic heterocycles. The molecule has 0 amide bonds. The summed E-state index contributed by atoms with van der Waals surface area (Å²) in [4.78, 5) is 9.59. The first-order valence-electron chi connectivity index (χ1n) is 26.9. The first-order valence-corrected chi connectivity index (χ1v) is 26.9. The number of benzene rings is 11. The number of hydrogen-bond acceptors (Lipinski definition) is 4. The average Bonchev–Trinajstić information content (AvgIpc) is 3.55. The number of hydrogen-bond donors (Lipinski definition) is 0. The Hall–Kier alpha value is -9.90. The van der Waals surface area contributed by atoms with Crippen LogP contribution < -0.4 is 19.6 Å². The van der Waals surface area contributed by atoms with Crippen molar-refractivity contribution < 1.29 is 0 Å². The molecule has 1 aliphatic carbocycles. The zero-order valence-corrected chi connectivity index (χ0v) is 44.0. The number of anilines is 11. The third-order valence-corrected chi connectivity index (χ3v) is 14.9. The normalized spacial score (nSPS) is 12.7.